The Labute approximate surface area is 310 Å². The van der Waals surface area contributed by atoms with Crippen LogP contribution in [0.3, 0.4) is 0 Å². The molecule has 0 unspecified atom stereocenters. The van der Waals surface area contributed by atoms with Crippen LogP contribution >= 0.6 is 0 Å². The van der Waals surface area contributed by atoms with E-state index in [1.54, 1.807) is 15.3 Å². The minimum absolute atomic E-state index is 0.0160. The number of fused-ring (bicyclic) bond motifs is 2. The first-order chi connectivity index (χ1) is 25.4. The number of nitrogens with one attached hydrogen (secondary N) is 2. The van der Waals surface area contributed by atoms with Gasteiger partial charge in [0.2, 0.25) is 15.6 Å². The van der Waals surface area contributed by atoms with Gasteiger partial charge in [0.25, 0.3) is 5.91 Å². The molecule has 284 valence electrons. The number of aryl methyl sites for hydroxylation is 1. The number of para-hydroxylation sites is 1. The Morgan fingerprint density at radius 2 is 1.51 bits per heavy atom. The van der Waals surface area contributed by atoms with Crippen molar-refractivity contribution in [3.05, 3.63) is 75.6 Å². The van der Waals surface area contributed by atoms with E-state index in [-0.39, 0.29) is 30.0 Å². The maximum Gasteiger partial charge on any atom is 0.410 e. The number of anilines is 1. The number of pyridine rings is 1. The first-order valence-corrected chi connectivity index (χ1v) is 20.8. The van der Waals surface area contributed by atoms with E-state index in [1.165, 1.54) is 12.3 Å². The Bertz CT molecular complexity index is 2010. The van der Waals surface area contributed by atoms with E-state index >= 15 is 0 Å². The summed E-state index contributed by atoms with van der Waals surface area (Å²) < 4.78 is 31.7. The number of benzene rings is 2. The number of likely N-dealkylation sites (tertiary alicyclic amines) is 2. The molecule has 1 atom stereocenters. The molecule has 13 nitrogen and oxygen atoms in total. The first kappa shape index (κ1) is 36.9. The lowest BCUT2D eigenvalue weighted by molar-refractivity contribution is -0.142. The number of H-pyrrole nitrogens is 1. The molecule has 4 amide bonds. The summed E-state index contributed by atoms with van der Waals surface area (Å²) in [6.07, 6.45) is 5.14. The molecule has 53 heavy (non-hydrogen) atoms. The lowest BCUT2D eigenvalue weighted by Gasteiger charge is -2.40. The SMILES string of the molecule is Cc1cc(C[C@@H](OC(=O)N2CCC(N3CCc4ccccc4NC3=O)CC2)C(=O)N2CCC(C3CCN(S(C)(=O)=O)CC3)CC2)cc2ccc(=O)[nH]c12. The number of rotatable bonds is 7. The highest BCUT2D eigenvalue weighted by molar-refractivity contribution is 7.88. The summed E-state index contributed by atoms with van der Waals surface area (Å²) >= 11 is 0. The summed E-state index contributed by atoms with van der Waals surface area (Å²) in [6, 6.07) is 14.8. The van der Waals surface area contributed by atoms with Crippen LogP contribution in [0.4, 0.5) is 15.3 Å². The quantitative estimate of drug-likeness (QED) is 0.365. The Morgan fingerprint density at radius 1 is 0.849 bits per heavy atom. The van der Waals surface area contributed by atoms with Gasteiger partial charge in [-0.3, -0.25) is 9.59 Å². The lowest BCUT2D eigenvalue weighted by atomic mass is 9.79. The predicted octanol–water partition coefficient (Wildman–Crippen LogP) is 4.35. The van der Waals surface area contributed by atoms with Gasteiger partial charge in [0, 0.05) is 70.0 Å². The number of carbonyl (C=O) groups is 3. The number of piperidine rings is 3. The molecule has 1 aromatic heterocycles. The number of hydrogen-bond donors (Lipinski definition) is 2. The highest BCUT2D eigenvalue weighted by Gasteiger charge is 2.37. The van der Waals surface area contributed by atoms with Gasteiger partial charge in [-0.1, -0.05) is 24.3 Å². The topological polar surface area (TPSA) is 152 Å². The number of nitrogens with zero attached hydrogens (tertiary/aromatic N) is 4. The third-order valence-corrected chi connectivity index (χ3v) is 13.1. The van der Waals surface area contributed by atoms with Crippen molar-refractivity contribution in [2.75, 3.05) is 57.4 Å². The molecule has 0 aliphatic carbocycles. The summed E-state index contributed by atoms with van der Waals surface area (Å²) in [4.78, 5) is 61.3. The van der Waals surface area contributed by atoms with Crippen molar-refractivity contribution >= 4 is 44.6 Å². The van der Waals surface area contributed by atoms with E-state index in [0.29, 0.717) is 70.5 Å². The Kier molecular flexibility index (Phi) is 10.8. The van der Waals surface area contributed by atoms with Crippen molar-refractivity contribution in [3.63, 3.8) is 0 Å². The van der Waals surface area contributed by atoms with Crippen LogP contribution in [0.25, 0.3) is 10.9 Å². The highest BCUT2D eigenvalue weighted by atomic mass is 32.2. The maximum atomic E-state index is 14.2. The molecule has 0 radical (unpaired) electrons. The first-order valence-electron chi connectivity index (χ1n) is 18.9. The molecule has 3 aromatic rings. The van der Waals surface area contributed by atoms with Crippen LogP contribution in [-0.4, -0.2) is 115 Å². The molecule has 2 N–H and O–H groups in total. The number of carbonyl (C=O) groups excluding carboxylic acids is 3. The molecule has 5 heterocycles. The van der Waals surface area contributed by atoms with Gasteiger partial charge in [-0.25, -0.2) is 22.3 Å². The second-order valence-corrected chi connectivity index (χ2v) is 17.2. The minimum Gasteiger partial charge on any atom is -0.436 e. The second kappa shape index (κ2) is 15.5. The number of aromatic amines is 1. The molecule has 4 aliphatic heterocycles. The van der Waals surface area contributed by atoms with E-state index < -0.39 is 22.2 Å². The molecule has 0 bridgehead atoms. The van der Waals surface area contributed by atoms with Gasteiger partial charge in [-0.15, -0.1) is 0 Å². The Balaban J connectivity index is 1.01. The van der Waals surface area contributed by atoms with Crippen LogP contribution in [0, 0.1) is 18.8 Å². The molecule has 2 aromatic carbocycles. The molecule has 3 saturated heterocycles. The molecule has 7 rings (SSSR count). The van der Waals surface area contributed by atoms with E-state index in [0.717, 1.165) is 65.4 Å². The summed E-state index contributed by atoms with van der Waals surface area (Å²) in [6.45, 7) is 5.50. The van der Waals surface area contributed by atoms with Crippen LogP contribution in [0.1, 0.15) is 55.2 Å². The zero-order chi connectivity index (χ0) is 37.3. The molecule has 0 saturated carbocycles. The van der Waals surface area contributed by atoms with E-state index in [2.05, 4.69) is 10.3 Å². The van der Waals surface area contributed by atoms with Crippen LogP contribution in [0.2, 0.25) is 0 Å². The largest absolute Gasteiger partial charge is 0.436 e. The second-order valence-electron chi connectivity index (χ2n) is 15.2. The van der Waals surface area contributed by atoms with Crippen molar-refractivity contribution in [3.8, 4) is 0 Å². The van der Waals surface area contributed by atoms with Crippen molar-refractivity contribution in [1.29, 1.82) is 0 Å². The van der Waals surface area contributed by atoms with Crippen molar-refractivity contribution in [2.45, 2.75) is 70.4 Å². The van der Waals surface area contributed by atoms with Crippen LogP contribution in [-0.2, 0) is 32.4 Å². The van der Waals surface area contributed by atoms with E-state index in [4.69, 9.17) is 4.74 Å². The fourth-order valence-electron chi connectivity index (χ4n) is 8.80. The highest BCUT2D eigenvalue weighted by Crippen LogP contribution is 2.34. The number of urea groups is 1. The average Bonchev–Trinajstić information content (AvgIpc) is 3.32. The molecule has 3 fully saturated rings. The maximum absolute atomic E-state index is 14.2. The number of sulfonamides is 1. The van der Waals surface area contributed by atoms with Crippen molar-refractivity contribution in [1.82, 2.24) is 24.0 Å². The zero-order valence-electron chi connectivity index (χ0n) is 30.6. The van der Waals surface area contributed by atoms with E-state index in [1.807, 2.05) is 53.1 Å². The predicted molar refractivity (Wildman–Crippen MR) is 202 cm³/mol. The Morgan fingerprint density at radius 3 is 2.21 bits per heavy atom. The zero-order valence-corrected chi connectivity index (χ0v) is 31.4. The van der Waals surface area contributed by atoms with Gasteiger partial charge in [-0.2, -0.15) is 0 Å². The molecule has 4 aliphatic rings. The van der Waals surface area contributed by atoms with Crippen molar-refractivity contribution < 1.29 is 27.5 Å². The van der Waals surface area contributed by atoms with Crippen LogP contribution in [0.15, 0.2) is 53.3 Å². The monoisotopic (exact) mass is 746 g/mol. The van der Waals surface area contributed by atoms with Gasteiger partial charge < -0.3 is 29.7 Å². The average molecular weight is 747 g/mol. The number of ether oxygens (including phenoxy) is 1. The van der Waals surface area contributed by atoms with Crippen LogP contribution in [0.5, 0.6) is 0 Å². The summed E-state index contributed by atoms with van der Waals surface area (Å²) in [7, 11) is -3.19. The van der Waals surface area contributed by atoms with Gasteiger partial charge in [-0.05, 0) is 104 Å². The number of aromatic nitrogens is 1. The molecular weight excluding hydrogens is 697 g/mol. The fourth-order valence-corrected chi connectivity index (χ4v) is 9.68. The summed E-state index contributed by atoms with van der Waals surface area (Å²) in [5.41, 5.74) is 4.17. The molecule has 0 spiro atoms. The number of hydrogen-bond acceptors (Lipinski definition) is 7. The van der Waals surface area contributed by atoms with Gasteiger partial charge >= 0.3 is 12.1 Å². The summed E-state index contributed by atoms with van der Waals surface area (Å²) in [5.74, 6) is 0.608. The summed E-state index contributed by atoms with van der Waals surface area (Å²) in [5, 5.41) is 3.88. The third-order valence-electron chi connectivity index (χ3n) is 11.8. The van der Waals surface area contributed by atoms with Crippen LogP contribution < -0.4 is 10.9 Å². The fraction of sp³-hybridized carbons (Fsp3) is 0.538. The number of amides is 4. The van der Waals surface area contributed by atoms with Crippen molar-refractivity contribution in [2.24, 2.45) is 11.8 Å². The molecular formula is C39H50N6O7S. The van der Waals surface area contributed by atoms with Gasteiger partial charge in [0.05, 0.1) is 11.8 Å². The molecule has 14 heteroatoms. The standard InChI is InChI=1S/C39H50N6O7S/c1-26-23-27(24-31-7-8-35(46)41-36(26)31)25-34(37(47)42-16-9-28(10-17-42)29-11-20-44(21-12-29)53(2,50)51)52-39(49)43-18-14-32(15-19-43)45-22-13-30-5-3-4-6-33(30)40-38(45)48/h3-8,23-24,28-29,32,34H,9-22,25H2,1-2H3,(H,40,48)(H,41,46)/t34-/m1/s1. The Hall–Kier alpha value is -4.43. The minimum atomic E-state index is -3.19. The lowest BCUT2D eigenvalue weighted by Crippen LogP contribution is -2.52. The normalized spacial score (nSPS) is 20.5. The third kappa shape index (κ3) is 8.38. The van der Waals surface area contributed by atoms with Gasteiger partial charge in [0.1, 0.15) is 0 Å². The smallest absolute Gasteiger partial charge is 0.410 e. The van der Waals surface area contributed by atoms with E-state index in [9.17, 15) is 27.6 Å². The van der Waals surface area contributed by atoms with Gasteiger partial charge in [0.15, 0.2) is 6.10 Å².